The standard InChI is InChI=1S/C19H23N3O5S/c1-13(14-5-7-16(8-6-14)28(4,24)25)18(23)20-17-9-10-22(21-17)11-15-12-26-19(2,3)27-15/h5-10,15H,1,11-12H2,2-4H3,(H,20,21,23)/t15-/m0/s1. The second kappa shape index (κ2) is 7.50. The summed E-state index contributed by atoms with van der Waals surface area (Å²) in [6.45, 7) is 8.49. The number of nitrogens with one attached hydrogen (secondary N) is 1. The molecule has 1 aromatic heterocycles. The third-order valence-corrected chi connectivity index (χ3v) is 5.37. The van der Waals surface area contributed by atoms with Crippen LogP contribution < -0.4 is 5.32 Å². The minimum atomic E-state index is -3.29. The van der Waals surface area contributed by atoms with Gasteiger partial charge in [-0.05, 0) is 31.5 Å². The van der Waals surface area contributed by atoms with Crippen LogP contribution in [0.5, 0.6) is 0 Å². The molecule has 28 heavy (non-hydrogen) atoms. The van der Waals surface area contributed by atoms with Gasteiger partial charge in [-0.25, -0.2) is 8.42 Å². The monoisotopic (exact) mass is 405 g/mol. The highest BCUT2D eigenvalue weighted by Gasteiger charge is 2.32. The molecule has 150 valence electrons. The first kappa shape index (κ1) is 20.2. The molecule has 1 amide bonds. The molecule has 0 bridgehead atoms. The van der Waals surface area contributed by atoms with Gasteiger partial charge in [0.1, 0.15) is 6.10 Å². The fraction of sp³-hybridized carbons (Fsp3) is 0.368. The molecule has 0 unspecified atom stereocenters. The largest absolute Gasteiger partial charge is 0.348 e. The predicted molar refractivity (Wildman–Crippen MR) is 104 cm³/mol. The zero-order valence-corrected chi connectivity index (χ0v) is 16.8. The van der Waals surface area contributed by atoms with Gasteiger partial charge in [0.25, 0.3) is 5.91 Å². The van der Waals surface area contributed by atoms with Crippen LogP contribution in [-0.4, -0.2) is 48.9 Å². The number of amides is 1. The zero-order valence-electron chi connectivity index (χ0n) is 16.0. The van der Waals surface area contributed by atoms with Crippen LogP contribution >= 0.6 is 0 Å². The molecule has 0 spiro atoms. The van der Waals surface area contributed by atoms with E-state index in [4.69, 9.17) is 9.47 Å². The highest BCUT2D eigenvalue weighted by Crippen LogP contribution is 2.23. The summed E-state index contributed by atoms with van der Waals surface area (Å²) in [5.41, 5.74) is 0.743. The van der Waals surface area contributed by atoms with Crippen LogP contribution in [0.15, 0.2) is 48.0 Å². The highest BCUT2D eigenvalue weighted by atomic mass is 32.2. The van der Waals surface area contributed by atoms with Gasteiger partial charge < -0.3 is 14.8 Å². The van der Waals surface area contributed by atoms with Gasteiger partial charge >= 0.3 is 0 Å². The molecule has 8 nitrogen and oxygen atoms in total. The van der Waals surface area contributed by atoms with E-state index in [9.17, 15) is 13.2 Å². The van der Waals surface area contributed by atoms with Crippen molar-refractivity contribution in [2.24, 2.45) is 0 Å². The smallest absolute Gasteiger partial charge is 0.256 e. The number of hydrogen-bond acceptors (Lipinski definition) is 6. The van der Waals surface area contributed by atoms with Crippen molar-refractivity contribution in [3.8, 4) is 0 Å². The number of carbonyl (C=O) groups is 1. The Morgan fingerprint density at radius 2 is 2.00 bits per heavy atom. The van der Waals surface area contributed by atoms with Crippen LogP contribution in [0, 0.1) is 0 Å². The third kappa shape index (κ3) is 4.86. The summed E-state index contributed by atoms with van der Waals surface area (Å²) in [6.07, 6.45) is 2.76. The fourth-order valence-electron chi connectivity index (χ4n) is 2.82. The Morgan fingerprint density at radius 1 is 1.32 bits per heavy atom. The maximum Gasteiger partial charge on any atom is 0.256 e. The first-order valence-corrected chi connectivity index (χ1v) is 10.6. The molecule has 2 aromatic rings. The molecule has 1 aliphatic heterocycles. The molecule has 1 aromatic carbocycles. The van der Waals surface area contributed by atoms with E-state index >= 15 is 0 Å². The predicted octanol–water partition coefficient (Wildman–Crippen LogP) is 2.09. The van der Waals surface area contributed by atoms with E-state index in [1.54, 1.807) is 29.1 Å². The Bertz CT molecular complexity index is 993. The highest BCUT2D eigenvalue weighted by molar-refractivity contribution is 7.90. The Kier molecular flexibility index (Phi) is 5.42. The van der Waals surface area contributed by atoms with Gasteiger partial charge in [-0.2, -0.15) is 5.10 Å². The maximum absolute atomic E-state index is 12.4. The summed E-state index contributed by atoms with van der Waals surface area (Å²) < 4.78 is 36.0. The number of sulfone groups is 1. The number of rotatable bonds is 6. The van der Waals surface area contributed by atoms with Gasteiger partial charge in [-0.15, -0.1) is 0 Å². The van der Waals surface area contributed by atoms with Crippen LogP contribution in [0.4, 0.5) is 5.82 Å². The molecule has 0 saturated carbocycles. The lowest BCUT2D eigenvalue weighted by Gasteiger charge is -2.16. The molecule has 0 aliphatic carbocycles. The lowest BCUT2D eigenvalue weighted by Crippen LogP contribution is -2.24. The zero-order chi connectivity index (χ0) is 20.5. The lowest BCUT2D eigenvalue weighted by molar-refractivity contribution is -0.139. The first-order chi connectivity index (χ1) is 13.0. The van der Waals surface area contributed by atoms with Gasteiger partial charge in [0.15, 0.2) is 21.4 Å². The number of aromatic nitrogens is 2. The summed E-state index contributed by atoms with van der Waals surface area (Å²) in [5, 5.41) is 7.00. The summed E-state index contributed by atoms with van der Waals surface area (Å²) in [4.78, 5) is 12.6. The summed E-state index contributed by atoms with van der Waals surface area (Å²) in [7, 11) is -3.29. The SMILES string of the molecule is C=C(C(=O)Nc1ccn(C[C@H]2COC(C)(C)O2)n1)c1ccc(S(C)(=O)=O)cc1. The molecule has 1 N–H and O–H groups in total. The number of ether oxygens (including phenoxy) is 2. The van der Waals surface area contributed by atoms with Gasteiger partial charge in [0, 0.05) is 24.1 Å². The average molecular weight is 405 g/mol. The van der Waals surface area contributed by atoms with E-state index in [1.807, 2.05) is 13.8 Å². The minimum absolute atomic E-state index is 0.109. The van der Waals surface area contributed by atoms with Crippen molar-refractivity contribution in [3.05, 3.63) is 48.7 Å². The van der Waals surface area contributed by atoms with Crippen LogP contribution in [0.3, 0.4) is 0 Å². The van der Waals surface area contributed by atoms with Crippen LogP contribution in [0.25, 0.3) is 5.57 Å². The summed E-state index contributed by atoms with van der Waals surface area (Å²) >= 11 is 0. The maximum atomic E-state index is 12.4. The van der Waals surface area contributed by atoms with E-state index in [-0.39, 0.29) is 16.6 Å². The number of carbonyl (C=O) groups excluding carboxylic acids is 1. The van der Waals surface area contributed by atoms with Crippen LogP contribution in [0.1, 0.15) is 19.4 Å². The molecular weight excluding hydrogens is 382 g/mol. The first-order valence-electron chi connectivity index (χ1n) is 8.69. The topological polar surface area (TPSA) is 99.5 Å². The molecule has 1 saturated heterocycles. The molecule has 0 radical (unpaired) electrons. The van der Waals surface area contributed by atoms with E-state index in [0.29, 0.717) is 24.5 Å². The van der Waals surface area contributed by atoms with Gasteiger partial charge in [0.2, 0.25) is 0 Å². The molecule has 2 heterocycles. The Balaban J connectivity index is 1.60. The van der Waals surface area contributed by atoms with Crippen molar-refractivity contribution in [2.75, 3.05) is 18.2 Å². The van der Waals surface area contributed by atoms with Crippen LogP contribution in [0.2, 0.25) is 0 Å². The summed E-state index contributed by atoms with van der Waals surface area (Å²) in [5.74, 6) is -0.629. The normalized spacial score (nSPS) is 18.8. The molecular formula is C19H23N3O5S. The second-order valence-electron chi connectivity index (χ2n) is 7.10. The lowest BCUT2D eigenvalue weighted by atomic mass is 10.1. The Hall–Kier alpha value is -2.49. The fourth-order valence-corrected chi connectivity index (χ4v) is 3.45. The van der Waals surface area contributed by atoms with Crippen LogP contribution in [-0.2, 0) is 30.7 Å². The van der Waals surface area contributed by atoms with Crippen molar-refractivity contribution < 1.29 is 22.7 Å². The van der Waals surface area contributed by atoms with Gasteiger partial charge in [-0.1, -0.05) is 18.7 Å². The van der Waals surface area contributed by atoms with E-state index in [2.05, 4.69) is 17.0 Å². The molecule has 1 aliphatic rings. The second-order valence-corrected chi connectivity index (χ2v) is 9.12. The van der Waals surface area contributed by atoms with Crippen molar-refractivity contribution in [1.82, 2.24) is 9.78 Å². The number of anilines is 1. The Morgan fingerprint density at radius 3 is 2.57 bits per heavy atom. The van der Waals surface area contributed by atoms with Gasteiger partial charge in [-0.3, -0.25) is 9.48 Å². The molecule has 1 atom stereocenters. The van der Waals surface area contributed by atoms with E-state index in [0.717, 1.165) is 6.26 Å². The number of nitrogens with zero attached hydrogens (tertiary/aromatic N) is 2. The van der Waals surface area contributed by atoms with Crippen molar-refractivity contribution >= 4 is 27.1 Å². The third-order valence-electron chi connectivity index (χ3n) is 4.25. The van der Waals surface area contributed by atoms with Gasteiger partial charge in [0.05, 0.1) is 18.0 Å². The van der Waals surface area contributed by atoms with E-state index in [1.165, 1.54) is 12.1 Å². The quantitative estimate of drug-likeness (QED) is 0.739. The van der Waals surface area contributed by atoms with E-state index < -0.39 is 21.5 Å². The van der Waals surface area contributed by atoms with Crippen molar-refractivity contribution in [1.29, 1.82) is 0 Å². The number of benzene rings is 1. The van der Waals surface area contributed by atoms with Crippen molar-refractivity contribution in [2.45, 2.75) is 37.2 Å². The van der Waals surface area contributed by atoms with Crippen molar-refractivity contribution in [3.63, 3.8) is 0 Å². The Labute approximate surface area is 164 Å². The molecule has 3 rings (SSSR count). The molecule has 1 fully saturated rings. The minimum Gasteiger partial charge on any atom is -0.348 e. The number of hydrogen-bond donors (Lipinski definition) is 1. The average Bonchev–Trinajstić information content (AvgIpc) is 3.19. The molecule has 9 heteroatoms. The summed E-state index contributed by atoms with van der Waals surface area (Å²) in [6, 6.07) is 7.68.